The summed E-state index contributed by atoms with van der Waals surface area (Å²) < 4.78 is 56.8. The third-order valence-corrected chi connectivity index (χ3v) is 7.20. The normalized spacial score (nSPS) is 22.1. The summed E-state index contributed by atoms with van der Waals surface area (Å²) in [5.74, 6) is -0.627. The predicted molar refractivity (Wildman–Crippen MR) is 101 cm³/mol. The predicted octanol–water partition coefficient (Wildman–Crippen LogP) is 1.84. The quantitative estimate of drug-likeness (QED) is 0.769. The molecule has 1 atom stereocenters. The minimum absolute atomic E-state index is 0.238. The maximum absolute atomic E-state index is 14.4. The lowest BCUT2D eigenvalue weighted by Crippen LogP contribution is -2.49. The molecule has 4 rings (SSSR count). The van der Waals surface area contributed by atoms with Crippen molar-refractivity contribution in [1.29, 1.82) is 0 Å². The van der Waals surface area contributed by atoms with Crippen LogP contribution < -0.4 is 4.90 Å². The molecule has 2 aliphatic rings. The Kier molecular flexibility index (Phi) is 5.11. The summed E-state index contributed by atoms with van der Waals surface area (Å²) in [6.07, 6.45) is 2.79. The highest BCUT2D eigenvalue weighted by molar-refractivity contribution is 7.87. The lowest BCUT2D eigenvalue weighted by atomic mass is 10.0. The maximum atomic E-state index is 14.4. The average molecular weight is 411 g/mol. The van der Waals surface area contributed by atoms with E-state index < -0.39 is 27.9 Å². The molecular formula is C18H23F2N5O2S. The highest BCUT2D eigenvalue weighted by Gasteiger charge is 2.35. The molecule has 1 aromatic carbocycles. The molecule has 2 aliphatic heterocycles. The van der Waals surface area contributed by atoms with E-state index in [1.165, 1.54) is 16.6 Å². The highest BCUT2D eigenvalue weighted by atomic mass is 32.2. The van der Waals surface area contributed by atoms with E-state index in [4.69, 9.17) is 0 Å². The molecule has 1 aromatic heterocycles. The Labute approximate surface area is 163 Å². The van der Waals surface area contributed by atoms with Gasteiger partial charge in [-0.15, -0.1) is 4.09 Å². The third kappa shape index (κ3) is 3.40. The zero-order chi connectivity index (χ0) is 19.9. The summed E-state index contributed by atoms with van der Waals surface area (Å²) >= 11 is 0. The van der Waals surface area contributed by atoms with E-state index >= 15 is 0 Å². The second-order valence-electron chi connectivity index (χ2n) is 7.26. The van der Waals surface area contributed by atoms with Crippen LogP contribution in [0.15, 0.2) is 30.5 Å². The van der Waals surface area contributed by atoms with Crippen LogP contribution in [-0.4, -0.2) is 66.6 Å². The standard InChI is InChI=1S/C18H23F2N5O2S/c1-22-9-11-23(12-10-22)28(26,27)25-18(6-7-21-25)24-8-2-3-17(24)15-13-14(19)4-5-16(15)20/h4-7,13,17H,2-3,8-12H2,1H3/t17-/m1/s1. The van der Waals surface area contributed by atoms with Gasteiger partial charge in [0.2, 0.25) is 0 Å². The zero-order valence-corrected chi connectivity index (χ0v) is 16.4. The monoisotopic (exact) mass is 411 g/mol. The van der Waals surface area contributed by atoms with Crippen LogP contribution >= 0.6 is 0 Å². The van der Waals surface area contributed by atoms with Crippen molar-refractivity contribution in [3.05, 3.63) is 47.7 Å². The van der Waals surface area contributed by atoms with Gasteiger partial charge < -0.3 is 9.80 Å². The number of halogens is 2. The first-order chi connectivity index (χ1) is 13.4. The molecule has 0 amide bonds. The first-order valence-electron chi connectivity index (χ1n) is 9.33. The number of aromatic nitrogens is 2. The molecule has 0 aliphatic carbocycles. The zero-order valence-electron chi connectivity index (χ0n) is 15.6. The molecule has 3 heterocycles. The maximum Gasteiger partial charge on any atom is 0.324 e. The Morgan fingerprint density at radius 1 is 1.07 bits per heavy atom. The second-order valence-corrected chi connectivity index (χ2v) is 9.02. The van der Waals surface area contributed by atoms with Crippen LogP contribution in [0, 0.1) is 11.6 Å². The number of rotatable bonds is 4. The van der Waals surface area contributed by atoms with Gasteiger partial charge in [-0.05, 0) is 38.1 Å². The van der Waals surface area contributed by atoms with E-state index in [2.05, 4.69) is 10.00 Å². The van der Waals surface area contributed by atoms with Gasteiger partial charge in [0.15, 0.2) is 0 Å². The molecule has 10 heteroatoms. The summed E-state index contributed by atoms with van der Waals surface area (Å²) in [4.78, 5) is 3.87. The fraction of sp³-hybridized carbons (Fsp3) is 0.500. The Hall–Kier alpha value is -2.04. The number of likely N-dealkylation sites (N-methyl/N-ethyl adjacent to an activating group) is 1. The van der Waals surface area contributed by atoms with E-state index in [9.17, 15) is 17.2 Å². The molecule has 152 valence electrons. The molecule has 2 saturated heterocycles. The molecule has 2 aromatic rings. The summed E-state index contributed by atoms with van der Waals surface area (Å²) in [7, 11) is -1.88. The Morgan fingerprint density at radius 3 is 2.57 bits per heavy atom. The number of nitrogens with zero attached hydrogens (tertiary/aromatic N) is 5. The van der Waals surface area contributed by atoms with Gasteiger partial charge in [-0.3, -0.25) is 0 Å². The van der Waals surface area contributed by atoms with Gasteiger partial charge in [-0.25, -0.2) is 8.78 Å². The van der Waals surface area contributed by atoms with Crippen LogP contribution in [0.3, 0.4) is 0 Å². The topological polar surface area (TPSA) is 61.7 Å². The van der Waals surface area contributed by atoms with Crippen LogP contribution in [0.5, 0.6) is 0 Å². The SMILES string of the molecule is CN1CCN(S(=O)(=O)n2nccc2N2CCC[C@@H]2c2cc(F)ccc2F)CC1. The van der Waals surface area contributed by atoms with E-state index in [0.29, 0.717) is 45.0 Å². The first kappa shape index (κ1) is 19.3. The fourth-order valence-corrected chi connectivity index (χ4v) is 5.35. The van der Waals surface area contributed by atoms with Gasteiger partial charge in [0.1, 0.15) is 17.5 Å². The van der Waals surface area contributed by atoms with E-state index in [1.807, 2.05) is 7.05 Å². The molecule has 0 N–H and O–H groups in total. The van der Waals surface area contributed by atoms with Gasteiger partial charge in [0.25, 0.3) is 0 Å². The van der Waals surface area contributed by atoms with Crippen LogP contribution in [0.25, 0.3) is 0 Å². The van der Waals surface area contributed by atoms with E-state index in [0.717, 1.165) is 22.6 Å². The first-order valence-corrected chi connectivity index (χ1v) is 10.7. The average Bonchev–Trinajstić information content (AvgIpc) is 3.33. The molecule has 0 saturated carbocycles. The smallest absolute Gasteiger partial charge is 0.324 e. The molecule has 0 unspecified atom stereocenters. The molecule has 0 spiro atoms. The molecule has 7 nitrogen and oxygen atoms in total. The van der Waals surface area contributed by atoms with Crippen LogP contribution in [-0.2, 0) is 10.2 Å². The lowest BCUT2D eigenvalue weighted by molar-refractivity contribution is 0.220. The molecule has 0 bridgehead atoms. The van der Waals surface area contributed by atoms with Gasteiger partial charge in [0, 0.05) is 44.4 Å². The molecule has 28 heavy (non-hydrogen) atoms. The van der Waals surface area contributed by atoms with Crippen molar-refractivity contribution in [2.75, 3.05) is 44.7 Å². The Bertz CT molecular complexity index is 957. The van der Waals surface area contributed by atoms with Crippen molar-refractivity contribution in [1.82, 2.24) is 18.4 Å². The van der Waals surface area contributed by atoms with Gasteiger partial charge in [-0.2, -0.15) is 17.8 Å². The van der Waals surface area contributed by atoms with Crippen LogP contribution in [0.2, 0.25) is 0 Å². The number of piperazine rings is 1. The number of benzene rings is 1. The minimum Gasteiger partial charge on any atom is -0.349 e. The summed E-state index contributed by atoms with van der Waals surface area (Å²) in [6, 6.07) is 4.56. The van der Waals surface area contributed by atoms with Crippen molar-refractivity contribution in [2.24, 2.45) is 0 Å². The van der Waals surface area contributed by atoms with Gasteiger partial charge in [0.05, 0.1) is 12.2 Å². The lowest BCUT2D eigenvalue weighted by Gasteiger charge is -2.33. The van der Waals surface area contributed by atoms with Gasteiger partial charge >= 0.3 is 10.2 Å². The minimum atomic E-state index is -3.83. The molecular weight excluding hydrogens is 388 g/mol. The number of hydrogen-bond donors (Lipinski definition) is 0. The van der Waals surface area contributed by atoms with Crippen molar-refractivity contribution in [3.8, 4) is 0 Å². The Balaban J connectivity index is 1.67. The second kappa shape index (κ2) is 7.41. The summed E-state index contributed by atoms with van der Waals surface area (Å²) in [5, 5.41) is 4.06. The largest absolute Gasteiger partial charge is 0.349 e. The van der Waals surface area contributed by atoms with Crippen LogP contribution in [0.1, 0.15) is 24.4 Å². The van der Waals surface area contributed by atoms with Gasteiger partial charge in [-0.1, -0.05) is 0 Å². The van der Waals surface area contributed by atoms with Crippen molar-refractivity contribution in [2.45, 2.75) is 18.9 Å². The summed E-state index contributed by atoms with van der Waals surface area (Å²) in [5.41, 5.74) is 0.238. The van der Waals surface area contributed by atoms with Crippen molar-refractivity contribution < 1.29 is 17.2 Å². The summed E-state index contributed by atoms with van der Waals surface area (Å²) in [6.45, 7) is 2.62. The Morgan fingerprint density at radius 2 is 1.82 bits per heavy atom. The molecule has 0 radical (unpaired) electrons. The fourth-order valence-electron chi connectivity index (χ4n) is 3.93. The number of anilines is 1. The van der Waals surface area contributed by atoms with Crippen molar-refractivity contribution >= 4 is 16.0 Å². The highest BCUT2D eigenvalue weighted by Crippen LogP contribution is 2.38. The third-order valence-electron chi connectivity index (χ3n) is 5.46. The van der Waals surface area contributed by atoms with Crippen molar-refractivity contribution in [3.63, 3.8) is 0 Å². The van der Waals surface area contributed by atoms with E-state index in [-0.39, 0.29) is 5.56 Å². The van der Waals surface area contributed by atoms with Crippen LogP contribution in [0.4, 0.5) is 14.6 Å². The number of hydrogen-bond acceptors (Lipinski definition) is 5. The van der Waals surface area contributed by atoms with E-state index in [1.54, 1.807) is 11.0 Å². The molecule has 2 fully saturated rings.